The number of likely N-dealkylation sites (tertiary alicyclic amines) is 1. The summed E-state index contributed by atoms with van der Waals surface area (Å²) < 4.78 is 14.1. The minimum atomic E-state index is -1.29. The van der Waals surface area contributed by atoms with Crippen molar-refractivity contribution in [2.45, 2.75) is 38.1 Å². The summed E-state index contributed by atoms with van der Waals surface area (Å²) >= 11 is 0. The Bertz CT molecular complexity index is 1090. The minimum Gasteiger partial charge on any atom is -0.504 e. The number of carbonyl (C=O) groups excluding carboxylic acids is 2. The Morgan fingerprint density at radius 1 is 1.26 bits per heavy atom. The van der Waals surface area contributed by atoms with Crippen LogP contribution in [-0.2, 0) is 9.59 Å². The first-order valence-corrected chi connectivity index (χ1v) is 10.8. The van der Waals surface area contributed by atoms with E-state index in [0.29, 0.717) is 5.57 Å². The molecule has 11 nitrogen and oxygen atoms in total. The van der Waals surface area contributed by atoms with Gasteiger partial charge in [-0.05, 0) is 24.6 Å². The molecule has 1 unspecified atom stereocenters. The first-order chi connectivity index (χ1) is 15.9. The van der Waals surface area contributed by atoms with Crippen LogP contribution in [0.5, 0.6) is 11.5 Å². The van der Waals surface area contributed by atoms with Crippen molar-refractivity contribution in [2.24, 2.45) is 11.8 Å². The zero-order valence-electron chi connectivity index (χ0n) is 18.5. The number of nitrogens with zero attached hydrogens (tertiary/aromatic N) is 2. The molecular weight excluding hydrogens is 453 g/mol. The van der Waals surface area contributed by atoms with Crippen LogP contribution in [0.25, 0.3) is 0 Å². The molecule has 3 aliphatic rings. The van der Waals surface area contributed by atoms with E-state index < -0.39 is 70.9 Å². The standard InChI is InChI=1S/C22H26FN3O8/c1-8-11(18(22(33)34)26-17(8)15(9(2)27)21(26)32)5-25-6-12(14(29)7-25)24-20(31)10-3-4-13(28)19(30)16(10)23/h3-4,8-9,12,14-15,17,27-30H,5-7H2,1-2H3,(H,24,31)(H,33,34)/t8-,9+,12?,14-,15+,17+/m0/s1. The number of hydrogen-bond acceptors (Lipinski definition) is 8. The second-order valence-corrected chi connectivity index (χ2v) is 9.07. The van der Waals surface area contributed by atoms with Crippen LogP contribution in [0.4, 0.5) is 4.39 Å². The van der Waals surface area contributed by atoms with Crippen LogP contribution in [0.2, 0.25) is 0 Å². The number of hydrogen-bond donors (Lipinski definition) is 6. The van der Waals surface area contributed by atoms with Gasteiger partial charge in [0.05, 0.1) is 35.8 Å². The van der Waals surface area contributed by atoms with E-state index >= 15 is 0 Å². The van der Waals surface area contributed by atoms with Gasteiger partial charge in [0, 0.05) is 25.6 Å². The Morgan fingerprint density at radius 3 is 2.56 bits per heavy atom. The van der Waals surface area contributed by atoms with Gasteiger partial charge in [0.2, 0.25) is 5.91 Å². The molecule has 184 valence electrons. The zero-order valence-corrected chi connectivity index (χ0v) is 18.5. The molecule has 0 radical (unpaired) electrons. The van der Waals surface area contributed by atoms with Crippen LogP contribution >= 0.6 is 0 Å². The van der Waals surface area contributed by atoms with Crippen LogP contribution < -0.4 is 5.32 Å². The third-order valence-corrected chi connectivity index (χ3v) is 6.93. The number of aliphatic hydroxyl groups is 2. The highest BCUT2D eigenvalue weighted by molar-refractivity contribution is 6.00. The van der Waals surface area contributed by atoms with Crippen molar-refractivity contribution in [1.82, 2.24) is 15.1 Å². The van der Waals surface area contributed by atoms with Crippen LogP contribution in [0.3, 0.4) is 0 Å². The molecule has 0 saturated carbocycles. The number of aliphatic carboxylic acids is 1. The normalized spacial score (nSPS) is 29.7. The predicted molar refractivity (Wildman–Crippen MR) is 113 cm³/mol. The molecule has 0 aromatic heterocycles. The molecule has 2 amide bonds. The maximum atomic E-state index is 14.1. The third kappa shape index (κ3) is 3.67. The number of carbonyl (C=O) groups is 3. The van der Waals surface area contributed by atoms with E-state index in [-0.39, 0.29) is 31.2 Å². The average Bonchev–Trinajstić information content (AvgIpc) is 3.21. The zero-order chi connectivity index (χ0) is 25.1. The Kier molecular flexibility index (Phi) is 6.00. The number of fused-ring (bicyclic) bond motifs is 1. The number of halogens is 1. The molecule has 0 aliphatic carbocycles. The van der Waals surface area contributed by atoms with Gasteiger partial charge in [0.1, 0.15) is 5.70 Å². The Labute approximate surface area is 193 Å². The fourth-order valence-electron chi connectivity index (χ4n) is 5.21. The molecule has 6 atom stereocenters. The third-order valence-electron chi connectivity index (χ3n) is 6.93. The molecule has 1 aromatic rings. The van der Waals surface area contributed by atoms with Crippen molar-refractivity contribution < 1.29 is 44.3 Å². The number of carboxylic acids is 1. The molecule has 3 heterocycles. The van der Waals surface area contributed by atoms with E-state index in [2.05, 4.69) is 5.32 Å². The highest BCUT2D eigenvalue weighted by atomic mass is 19.1. The van der Waals surface area contributed by atoms with Crippen molar-refractivity contribution in [1.29, 1.82) is 0 Å². The molecule has 1 aromatic carbocycles. The summed E-state index contributed by atoms with van der Waals surface area (Å²) in [6.07, 6.45) is -1.95. The van der Waals surface area contributed by atoms with E-state index in [0.717, 1.165) is 12.1 Å². The summed E-state index contributed by atoms with van der Waals surface area (Å²) in [7, 11) is 0. The lowest BCUT2D eigenvalue weighted by Gasteiger charge is -2.46. The number of carboxylic acid groups (broad SMARTS) is 1. The molecule has 2 saturated heterocycles. The number of phenolic OH excluding ortho intramolecular Hbond substituents is 2. The second kappa shape index (κ2) is 8.53. The van der Waals surface area contributed by atoms with E-state index in [1.165, 1.54) is 11.8 Å². The topological polar surface area (TPSA) is 171 Å². The van der Waals surface area contributed by atoms with Crippen molar-refractivity contribution in [3.63, 3.8) is 0 Å². The number of β-amino-alcohol motifs (C(OH)–C–C–N with tert-alkyl or cyclic N) is 1. The monoisotopic (exact) mass is 479 g/mol. The number of aliphatic hydroxyl groups excluding tert-OH is 2. The summed E-state index contributed by atoms with van der Waals surface area (Å²) in [6, 6.07) is 0.708. The fourth-order valence-corrected chi connectivity index (χ4v) is 5.21. The largest absolute Gasteiger partial charge is 0.504 e. The van der Waals surface area contributed by atoms with Crippen LogP contribution in [0, 0.1) is 17.7 Å². The first kappa shape index (κ1) is 23.9. The van der Waals surface area contributed by atoms with Gasteiger partial charge in [-0.25, -0.2) is 9.18 Å². The van der Waals surface area contributed by atoms with E-state index in [4.69, 9.17) is 0 Å². The van der Waals surface area contributed by atoms with Gasteiger partial charge in [-0.2, -0.15) is 0 Å². The fraction of sp³-hybridized carbons (Fsp3) is 0.500. The summed E-state index contributed by atoms with van der Waals surface area (Å²) in [6.45, 7) is 3.62. The van der Waals surface area contributed by atoms with E-state index in [1.807, 2.05) is 0 Å². The lowest BCUT2D eigenvalue weighted by molar-refractivity contribution is -0.163. The number of amides is 2. The Hall–Kier alpha value is -3.22. The summed E-state index contributed by atoms with van der Waals surface area (Å²) in [5.41, 5.74) is -0.140. The van der Waals surface area contributed by atoms with Gasteiger partial charge in [-0.15, -0.1) is 0 Å². The SMILES string of the molecule is C[C@@H](O)[C@H]1C(=O)N2C(C(=O)O)=C(CN3CC(NC(=O)c4ccc(O)c(O)c4F)[C@@H](O)C3)[C@H](C)[C@H]12. The molecule has 12 heteroatoms. The van der Waals surface area contributed by atoms with Crippen LogP contribution in [-0.4, -0.2) is 97.0 Å². The van der Waals surface area contributed by atoms with Crippen LogP contribution in [0.15, 0.2) is 23.4 Å². The molecule has 34 heavy (non-hydrogen) atoms. The Balaban J connectivity index is 1.48. The quantitative estimate of drug-likeness (QED) is 0.226. The lowest BCUT2D eigenvalue weighted by Crippen LogP contribution is -2.63. The highest BCUT2D eigenvalue weighted by Crippen LogP contribution is 2.47. The average molecular weight is 479 g/mol. The number of phenols is 2. The van der Waals surface area contributed by atoms with Crippen molar-refractivity contribution >= 4 is 17.8 Å². The summed E-state index contributed by atoms with van der Waals surface area (Å²) in [4.78, 5) is 39.8. The van der Waals surface area contributed by atoms with Gasteiger partial charge < -0.3 is 35.7 Å². The van der Waals surface area contributed by atoms with Gasteiger partial charge in [0.25, 0.3) is 5.91 Å². The van der Waals surface area contributed by atoms with Gasteiger partial charge >= 0.3 is 5.97 Å². The number of aromatic hydroxyl groups is 2. The number of β-lactam (4-membered cyclic amide) rings is 1. The maximum Gasteiger partial charge on any atom is 0.352 e. The predicted octanol–water partition coefficient (Wildman–Crippen LogP) is -0.792. The number of rotatable bonds is 6. The molecule has 4 rings (SSSR count). The maximum absolute atomic E-state index is 14.1. The molecule has 0 bridgehead atoms. The molecule has 2 fully saturated rings. The van der Waals surface area contributed by atoms with Crippen molar-refractivity contribution in [3.8, 4) is 11.5 Å². The van der Waals surface area contributed by atoms with Gasteiger partial charge in [-0.3, -0.25) is 14.5 Å². The number of nitrogens with one attached hydrogen (secondary N) is 1. The van der Waals surface area contributed by atoms with E-state index in [1.54, 1.807) is 11.8 Å². The summed E-state index contributed by atoms with van der Waals surface area (Å²) in [5.74, 6) is -6.67. The number of benzene rings is 1. The Morgan fingerprint density at radius 2 is 1.94 bits per heavy atom. The smallest absolute Gasteiger partial charge is 0.352 e. The molecule has 6 N–H and O–H groups in total. The van der Waals surface area contributed by atoms with Gasteiger partial charge in [0.15, 0.2) is 17.3 Å². The van der Waals surface area contributed by atoms with Crippen LogP contribution in [0.1, 0.15) is 24.2 Å². The van der Waals surface area contributed by atoms with Crippen molar-refractivity contribution in [3.05, 3.63) is 34.8 Å². The first-order valence-electron chi connectivity index (χ1n) is 10.8. The molecule has 3 aliphatic heterocycles. The van der Waals surface area contributed by atoms with E-state index in [9.17, 15) is 44.3 Å². The van der Waals surface area contributed by atoms with Gasteiger partial charge in [-0.1, -0.05) is 6.92 Å². The molecule has 0 spiro atoms. The second-order valence-electron chi connectivity index (χ2n) is 9.07. The molecular formula is C22H26FN3O8. The highest BCUT2D eigenvalue weighted by Gasteiger charge is 2.60. The summed E-state index contributed by atoms with van der Waals surface area (Å²) in [5, 5.41) is 51.5. The van der Waals surface area contributed by atoms with Crippen molar-refractivity contribution in [2.75, 3.05) is 19.6 Å². The lowest BCUT2D eigenvalue weighted by atomic mass is 9.77. The minimum absolute atomic E-state index is 0.0931.